The summed E-state index contributed by atoms with van der Waals surface area (Å²) in [5.41, 5.74) is 20.1. The van der Waals surface area contributed by atoms with Gasteiger partial charge in [-0.2, -0.15) is 11.3 Å². The van der Waals surface area contributed by atoms with Crippen LogP contribution in [0.3, 0.4) is 0 Å². The Morgan fingerprint density at radius 1 is 0.841 bits per heavy atom. The minimum absolute atomic E-state index is 0.00227. The number of hydrogen-bond acceptors (Lipinski definition) is 4. The molecule has 3 nitrogen and oxygen atoms in total. The second kappa shape index (κ2) is 13.4. The van der Waals surface area contributed by atoms with E-state index in [-0.39, 0.29) is 39.2 Å². The molecule has 2 aromatic heterocycles. The van der Waals surface area contributed by atoms with Crippen molar-refractivity contribution in [1.82, 2.24) is 0 Å². The number of thiophene rings is 1. The third-order valence-electron chi connectivity index (χ3n) is 16.2. The normalized spacial score (nSPS) is 21.7. The minimum atomic E-state index is -0.211. The number of fused-ring (bicyclic) bond motifs is 9. The lowest BCUT2D eigenvalue weighted by Gasteiger charge is -2.45. The predicted octanol–water partition coefficient (Wildman–Crippen LogP) is 14.9. The number of benzene rings is 3. The zero-order valence-corrected chi connectivity index (χ0v) is 41.5. The first kappa shape index (κ1) is 42.2. The van der Waals surface area contributed by atoms with E-state index in [0.717, 1.165) is 24.1 Å². The molecule has 324 valence electrons. The van der Waals surface area contributed by atoms with Gasteiger partial charge in [-0.1, -0.05) is 139 Å². The molecule has 0 fully saturated rings. The SMILES string of the molecule is C=CC1=C(/C=C\C)c2cc3c4c(oc3cc2C1(C)C)B1c2sc3c(c2N(c2ccc(C(C)(C)C)cc2)c2cc(C)cc(c21)N4C1=CCC(C)(C(C)(C)C)C=C1)C(C)(C)CCC3(C)C. The van der Waals surface area contributed by atoms with Crippen molar-refractivity contribution < 1.29 is 4.42 Å². The number of nitrogens with zero attached hydrogens (tertiary/aromatic N) is 2. The van der Waals surface area contributed by atoms with Gasteiger partial charge in [0.05, 0.1) is 11.4 Å². The number of hydrogen-bond donors (Lipinski definition) is 0. The summed E-state index contributed by atoms with van der Waals surface area (Å²) in [7, 11) is 0. The van der Waals surface area contributed by atoms with Crippen molar-refractivity contribution in [2.24, 2.45) is 10.8 Å². The summed E-state index contributed by atoms with van der Waals surface area (Å²) in [6.07, 6.45) is 17.2. The van der Waals surface area contributed by atoms with Crippen LogP contribution < -0.4 is 25.7 Å². The highest BCUT2D eigenvalue weighted by molar-refractivity contribution is 7.29. The summed E-state index contributed by atoms with van der Waals surface area (Å²) in [5.74, 6) is 0. The van der Waals surface area contributed by atoms with Gasteiger partial charge >= 0.3 is 6.71 Å². The van der Waals surface area contributed by atoms with Crippen molar-refractivity contribution in [3.05, 3.63) is 136 Å². The Balaban J connectivity index is 1.32. The Morgan fingerprint density at radius 3 is 2.11 bits per heavy atom. The second-order valence-electron chi connectivity index (χ2n) is 23.6. The van der Waals surface area contributed by atoms with Gasteiger partial charge in [-0.05, 0) is 147 Å². The molecule has 0 radical (unpaired) electrons. The Bertz CT molecular complexity index is 2920. The van der Waals surface area contributed by atoms with E-state index < -0.39 is 0 Å². The summed E-state index contributed by atoms with van der Waals surface area (Å²) in [6.45, 7) is 39.8. The Kier molecular flexibility index (Phi) is 8.99. The third-order valence-corrected chi connectivity index (χ3v) is 17.8. The molecule has 1 atom stereocenters. The molecule has 5 heteroatoms. The highest BCUT2D eigenvalue weighted by atomic mass is 32.1. The highest BCUT2D eigenvalue weighted by Crippen LogP contribution is 2.58. The molecule has 0 N–H and O–H groups in total. The molecule has 0 spiro atoms. The molecule has 0 saturated carbocycles. The molecule has 10 rings (SSSR count). The van der Waals surface area contributed by atoms with Gasteiger partial charge in [0.25, 0.3) is 0 Å². The van der Waals surface area contributed by atoms with E-state index in [0.29, 0.717) is 0 Å². The average Bonchev–Trinajstić information content (AvgIpc) is 3.85. The molecule has 2 aliphatic heterocycles. The van der Waals surface area contributed by atoms with Crippen LogP contribution in [-0.4, -0.2) is 6.71 Å². The van der Waals surface area contributed by atoms with Crippen LogP contribution in [0, 0.1) is 17.8 Å². The largest absolute Gasteiger partial charge is 0.468 e. The molecule has 3 aromatic carbocycles. The van der Waals surface area contributed by atoms with Crippen LogP contribution in [0.4, 0.5) is 28.4 Å². The van der Waals surface area contributed by atoms with E-state index in [4.69, 9.17) is 4.42 Å². The molecule has 0 saturated heterocycles. The van der Waals surface area contributed by atoms with Crippen molar-refractivity contribution in [3.63, 3.8) is 0 Å². The Labute approximate surface area is 382 Å². The first-order chi connectivity index (χ1) is 29.4. The Morgan fingerprint density at radius 2 is 1.51 bits per heavy atom. The second-order valence-corrected chi connectivity index (χ2v) is 24.7. The molecule has 3 aliphatic carbocycles. The maximum atomic E-state index is 7.59. The first-order valence-corrected chi connectivity index (χ1v) is 24.3. The minimum Gasteiger partial charge on any atom is -0.468 e. The van der Waals surface area contributed by atoms with Gasteiger partial charge in [-0.25, -0.2) is 0 Å². The average molecular weight is 851 g/mol. The third kappa shape index (κ3) is 5.89. The van der Waals surface area contributed by atoms with E-state index in [9.17, 15) is 0 Å². The molecule has 5 aliphatic rings. The van der Waals surface area contributed by atoms with E-state index in [1.165, 1.54) is 100 Å². The summed E-state index contributed by atoms with van der Waals surface area (Å²) < 4.78 is 9.00. The zero-order chi connectivity index (χ0) is 45.1. The summed E-state index contributed by atoms with van der Waals surface area (Å²) in [5, 5.41) is 1.17. The molecular weight excluding hydrogens is 784 g/mol. The van der Waals surface area contributed by atoms with Crippen molar-refractivity contribution in [1.29, 1.82) is 0 Å². The number of anilines is 5. The molecule has 4 heterocycles. The van der Waals surface area contributed by atoms with Crippen LogP contribution >= 0.6 is 11.3 Å². The van der Waals surface area contributed by atoms with Crippen LogP contribution in [0.2, 0.25) is 0 Å². The molecule has 1 unspecified atom stereocenters. The standard InChI is InChI=1S/C58H67BN2OS/c1-17-19-38-39-32-40-45(33-42(39)57(14,15)41(38)18-2)62-51-48(40)60(37-24-26-58(16,27-25-37)54(7,8)9)43-30-34(3)31-44-47(43)59(51)52-49(46-50(63-52)56(12,13)29-28-55(46,10)11)61(44)36-22-20-35(21-23-36)53(4,5)6/h17-26,30-33H,2,27-29H2,1,3-16H3/b19-17-. The number of rotatable bonds is 4. The molecule has 0 amide bonds. The van der Waals surface area contributed by atoms with E-state index >= 15 is 0 Å². The summed E-state index contributed by atoms with van der Waals surface area (Å²) in [4.78, 5) is 6.79. The van der Waals surface area contributed by atoms with Crippen LogP contribution in [0.1, 0.15) is 149 Å². The first-order valence-electron chi connectivity index (χ1n) is 23.5. The molecule has 5 aromatic rings. The van der Waals surface area contributed by atoms with Crippen molar-refractivity contribution in [2.75, 3.05) is 9.80 Å². The van der Waals surface area contributed by atoms with Gasteiger partial charge in [-0.15, -0.1) is 0 Å². The maximum Gasteiger partial charge on any atom is 0.309 e. The Hall–Kier alpha value is -4.74. The lowest BCUT2D eigenvalue weighted by Crippen LogP contribution is -2.60. The quantitative estimate of drug-likeness (QED) is 0.165. The van der Waals surface area contributed by atoms with Crippen LogP contribution in [0.25, 0.3) is 16.5 Å². The lowest BCUT2D eigenvalue weighted by molar-refractivity contribution is 0.169. The summed E-state index contributed by atoms with van der Waals surface area (Å²) in [6, 6.07) is 19.2. The highest BCUT2D eigenvalue weighted by Gasteiger charge is 2.53. The van der Waals surface area contributed by atoms with Gasteiger partial charge in [-0.3, -0.25) is 0 Å². The van der Waals surface area contributed by atoms with Crippen LogP contribution in [0.15, 0.2) is 107 Å². The number of furan rings is 1. The fourth-order valence-electron chi connectivity index (χ4n) is 11.6. The molecule has 0 bridgehead atoms. The zero-order valence-electron chi connectivity index (χ0n) is 40.7. The van der Waals surface area contributed by atoms with Gasteiger partial charge in [0, 0.05) is 43.2 Å². The van der Waals surface area contributed by atoms with E-state index in [2.05, 4.69) is 217 Å². The fourth-order valence-corrected chi connectivity index (χ4v) is 13.3. The predicted molar refractivity (Wildman–Crippen MR) is 275 cm³/mol. The van der Waals surface area contributed by atoms with Gasteiger partial charge in [0.15, 0.2) is 0 Å². The molecular formula is C58H67BN2OS. The van der Waals surface area contributed by atoms with Crippen LogP contribution in [0.5, 0.6) is 0 Å². The number of allylic oxidation sites excluding steroid dienone is 8. The van der Waals surface area contributed by atoms with Gasteiger partial charge in [0.1, 0.15) is 11.2 Å². The lowest BCUT2D eigenvalue weighted by atomic mass is 9.38. The van der Waals surface area contributed by atoms with Crippen molar-refractivity contribution in [2.45, 2.75) is 145 Å². The van der Waals surface area contributed by atoms with Gasteiger partial charge < -0.3 is 14.2 Å². The van der Waals surface area contributed by atoms with Gasteiger partial charge in [0.2, 0.25) is 0 Å². The van der Waals surface area contributed by atoms with E-state index in [1.807, 2.05) is 0 Å². The van der Waals surface area contributed by atoms with Crippen molar-refractivity contribution in [3.8, 4) is 0 Å². The van der Waals surface area contributed by atoms with Crippen LogP contribution in [-0.2, 0) is 21.7 Å². The fraction of sp³-hybridized carbons (Fsp3) is 0.414. The summed E-state index contributed by atoms with van der Waals surface area (Å²) >= 11 is 2.06. The smallest absolute Gasteiger partial charge is 0.309 e. The monoisotopic (exact) mass is 851 g/mol. The topological polar surface area (TPSA) is 19.6 Å². The molecule has 63 heavy (non-hydrogen) atoms. The van der Waals surface area contributed by atoms with E-state index in [1.54, 1.807) is 0 Å². The number of aryl methyl sites for hydroxylation is 1. The van der Waals surface area contributed by atoms with Crippen molar-refractivity contribution >= 4 is 78.9 Å². The maximum absolute atomic E-state index is 7.59.